The highest BCUT2D eigenvalue weighted by Gasteiger charge is 2.07. The van der Waals surface area contributed by atoms with E-state index in [9.17, 15) is 0 Å². The van der Waals surface area contributed by atoms with Crippen LogP contribution in [0.25, 0.3) is 0 Å². The van der Waals surface area contributed by atoms with Crippen LogP contribution in [0.1, 0.15) is 0 Å². The molecule has 4 nitrogen and oxygen atoms in total. The molecule has 0 bridgehead atoms. The maximum absolute atomic E-state index is 8.49. The number of hydrogen-bond acceptors (Lipinski definition) is 3. The average molecular weight is 99.4 g/mol. The van der Waals surface area contributed by atoms with E-state index < -0.39 is 10.2 Å². The van der Waals surface area contributed by atoms with Gasteiger partial charge < -0.3 is 0 Å². The lowest BCUT2D eigenvalue weighted by Crippen LogP contribution is -2.57. The summed E-state index contributed by atoms with van der Waals surface area (Å²) in [5, 5.41) is 0. The zero-order valence-corrected chi connectivity index (χ0v) is 2.77. The highest BCUT2D eigenvalue weighted by atomic mass is 35.7. The molecule has 0 aromatic heterocycles. The van der Waals surface area contributed by atoms with Crippen molar-refractivity contribution in [3.05, 3.63) is 0 Å². The smallest absolute Gasteiger partial charge is 0.179 e. The van der Waals surface area contributed by atoms with Crippen LogP contribution in [-0.4, -0.2) is 0 Å². The second-order valence-corrected chi connectivity index (χ2v) is 1.13. The molecule has 0 aliphatic rings. The predicted molar refractivity (Wildman–Crippen MR) is 0.686 cm³/mol. The molecule has 0 aromatic rings. The van der Waals surface area contributed by atoms with Gasteiger partial charge in [0, 0.05) is 0 Å². The highest BCUT2D eigenvalue weighted by Crippen LogP contribution is 1.63. The topological polar surface area (TPSA) is 89.1 Å². The third-order valence-corrected chi connectivity index (χ3v) is 0. The molecule has 0 fully saturated rings. The lowest BCUT2D eigenvalue weighted by atomic mass is 15.8. The van der Waals surface area contributed by atoms with Crippen molar-refractivity contribution < 1.29 is 28.9 Å². The molecule has 31 valence electrons. The Morgan fingerprint density at radius 1 is 1.20 bits per heavy atom. The van der Waals surface area contributed by atoms with Crippen LogP contribution in [-0.2, 0) is 4.66 Å². The molecule has 0 N–H and O–H groups in total. The van der Waals surface area contributed by atoms with Gasteiger partial charge in [-0.15, -0.1) is 0 Å². The molecule has 0 rings (SSSR count). The number of hydrogen-bond donors (Lipinski definition) is 0. The van der Waals surface area contributed by atoms with E-state index >= 15 is 0 Å². The van der Waals surface area contributed by atoms with Gasteiger partial charge in [0.15, 0.2) is 0 Å². The van der Waals surface area contributed by atoms with E-state index in [0.717, 1.165) is 0 Å². The summed E-state index contributed by atoms with van der Waals surface area (Å²) >= 11 is 0. The van der Waals surface area contributed by atoms with Crippen molar-refractivity contribution in [1.29, 1.82) is 0 Å². The Kier molecular flexibility index (Phi) is 1.10. The SMILES string of the molecule is [O][Cl+3]([O-])([O-])[O-]. The summed E-state index contributed by atoms with van der Waals surface area (Å²) < 4.78 is 34.0. The first-order valence-corrected chi connectivity index (χ1v) is 1.85. The molecule has 0 aromatic carbocycles. The van der Waals surface area contributed by atoms with Gasteiger partial charge in [0.05, 0.1) is 0 Å². The highest BCUT2D eigenvalue weighted by molar-refractivity contribution is 2.12. The van der Waals surface area contributed by atoms with Crippen molar-refractivity contribution in [2.24, 2.45) is 0 Å². The Hall–Kier alpha value is 0.130. The zero-order valence-electron chi connectivity index (χ0n) is 2.01. The van der Waals surface area contributed by atoms with E-state index in [4.69, 9.17) is 18.6 Å². The molecule has 0 saturated carbocycles. The van der Waals surface area contributed by atoms with Crippen molar-refractivity contribution in [3.63, 3.8) is 0 Å². The molecule has 0 saturated heterocycles. The molecule has 0 aliphatic carbocycles. The van der Waals surface area contributed by atoms with Gasteiger partial charge in [0.2, 0.25) is 0 Å². The molecule has 0 unspecified atom stereocenters. The van der Waals surface area contributed by atoms with Crippen molar-refractivity contribution in [3.8, 4) is 0 Å². The van der Waals surface area contributed by atoms with Crippen molar-refractivity contribution >= 4 is 0 Å². The minimum Gasteiger partial charge on any atom is -0.179 e. The lowest BCUT2D eigenvalue weighted by Gasteiger charge is -1.96. The van der Waals surface area contributed by atoms with Gasteiger partial charge in [0.25, 0.3) is 0 Å². The van der Waals surface area contributed by atoms with Gasteiger partial charge in [-0.2, -0.15) is 14.0 Å². The van der Waals surface area contributed by atoms with Gasteiger partial charge in [0.1, 0.15) is 10.2 Å². The summed E-state index contributed by atoms with van der Waals surface area (Å²) in [7, 11) is -4.94. The number of rotatable bonds is 0. The van der Waals surface area contributed by atoms with Crippen LogP contribution >= 0.6 is 0 Å². The van der Waals surface area contributed by atoms with E-state index in [1.54, 1.807) is 0 Å². The van der Waals surface area contributed by atoms with Crippen molar-refractivity contribution in [2.45, 2.75) is 0 Å². The Labute approximate surface area is 30.0 Å². The maximum Gasteiger partial charge on any atom is 0.398 e. The molecular formula is ClO4. The lowest BCUT2D eigenvalue weighted by molar-refractivity contribution is -1.93. The van der Waals surface area contributed by atoms with Gasteiger partial charge in [-0.25, -0.2) is 0 Å². The van der Waals surface area contributed by atoms with Crippen molar-refractivity contribution in [2.75, 3.05) is 0 Å². The average Bonchev–Trinajstić information content (AvgIpc) is 0.722. The fourth-order valence-electron chi connectivity index (χ4n) is 0. The Balaban J connectivity index is 3.02. The van der Waals surface area contributed by atoms with Gasteiger partial charge in [-0.3, -0.25) is 0 Å². The standard InChI is InChI=1S/ClO4/c2-1(3,4)5. The first-order chi connectivity index (χ1) is 2.00. The van der Waals surface area contributed by atoms with E-state index in [-0.39, 0.29) is 0 Å². The fourth-order valence-corrected chi connectivity index (χ4v) is 0. The van der Waals surface area contributed by atoms with Gasteiger partial charge >= 0.3 is 4.66 Å². The van der Waals surface area contributed by atoms with E-state index in [1.807, 2.05) is 0 Å². The van der Waals surface area contributed by atoms with E-state index in [2.05, 4.69) is 0 Å². The normalized spacial score (nSPS) is 12.0. The second-order valence-electron chi connectivity index (χ2n) is 0.378. The summed E-state index contributed by atoms with van der Waals surface area (Å²) in [6, 6.07) is 0. The summed E-state index contributed by atoms with van der Waals surface area (Å²) in [5.74, 6) is 0. The van der Waals surface area contributed by atoms with Crippen LogP contribution in [0.15, 0.2) is 0 Å². The number of halogens is 1. The van der Waals surface area contributed by atoms with Crippen LogP contribution in [0.3, 0.4) is 0 Å². The first kappa shape index (κ1) is 5.13. The molecule has 1 radical (unpaired) electrons. The third kappa shape index (κ3) is 1110. The molecule has 0 atom stereocenters. The molecule has 5 heteroatoms. The Bertz CT molecular complexity index is 19.1. The van der Waals surface area contributed by atoms with Crippen LogP contribution in [0.5, 0.6) is 0 Å². The molecule has 0 amide bonds. The van der Waals surface area contributed by atoms with Crippen molar-refractivity contribution in [1.82, 2.24) is 0 Å². The molecule has 0 heterocycles. The minimum atomic E-state index is -4.94. The summed E-state index contributed by atoms with van der Waals surface area (Å²) in [4.78, 5) is 0. The van der Waals surface area contributed by atoms with Crippen LogP contribution in [0.2, 0.25) is 0 Å². The van der Waals surface area contributed by atoms with Crippen LogP contribution < -0.4 is 14.0 Å². The third-order valence-electron chi connectivity index (χ3n) is 0. The quantitative estimate of drug-likeness (QED) is 0.313. The van der Waals surface area contributed by atoms with Crippen LogP contribution in [0.4, 0.5) is 0 Å². The molecule has 0 aliphatic heterocycles. The van der Waals surface area contributed by atoms with Gasteiger partial charge in [-0.05, 0) is 0 Å². The molecular weight excluding hydrogens is 99.4 g/mol. The monoisotopic (exact) mass is 98.9 g/mol. The fraction of sp³-hybridized carbons (Fsp3) is 0. The van der Waals surface area contributed by atoms with E-state index in [1.165, 1.54) is 0 Å². The largest absolute Gasteiger partial charge is 0.398 e. The first-order valence-electron chi connectivity index (χ1n) is 0.617. The maximum atomic E-state index is 8.49. The zero-order chi connectivity index (χ0) is 4.50. The Morgan fingerprint density at radius 2 is 1.20 bits per heavy atom. The minimum absolute atomic E-state index is 4.94. The Morgan fingerprint density at radius 3 is 1.20 bits per heavy atom. The summed E-state index contributed by atoms with van der Waals surface area (Å²) in [6.07, 6.45) is 0. The second kappa shape index (κ2) is 1.08. The van der Waals surface area contributed by atoms with Gasteiger partial charge in [-0.1, -0.05) is 0 Å². The predicted octanol–water partition coefficient (Wildman–Crippen LogP) is -3.69. The summed E-state index contributed by atoms with van der Waals surface area (Å²) in [6.45, 7) is 0. The van der Waals surface area contributed by atoms with Crippen LogP contribution in [0, 0.1) is 10.2 Å². The summed E-state index contributed by atoms with van der Waals surface area (Å²) in [5.41, 5.74) is 0. The molecule has 5 heavy (non-hydrogen) atoms. The van der Waals surface area contributed by atoms with E-state index in [0.29, 0.717) is 0 Å². The molecule has 0 spiro atoms.